The second-order valence-corrected chi connectivity index (χ2v) is 8.49. The third-order valence-corrected chi connectivity index (χ3v) is 5.64. The summed E-state index contributed by atoms with van der Waals surface area (Å²) in [5.74, 6) is -0.494. The van der Waals surface area contributed by atoms with Crippen LogP contribution in [0.3, 0.4) is 0 Å². The van der Waals surface area contributed by atoms with Gasteiger partial charge < -0.3 is 14.8 Å². The molecule has 0 atom stereocenters. The summed E-state index contributed by atoms with van der Waals surface area (Å²) in [6, 6.07) is 19.4. The fourth-order valence-electron chi connectivity index (χ4n) is 3.06. The Bertz CT molecular complexity index is 1360. The Hall–Kier alpha value is -4.24. The van der Waals surface area contributed by atoms with Crippen LogP contribution in [0, 0.1) is 25.0 Å². The fraction of sp³-hybridized carbons (Fsp3) is 0.115. The summed E-state index contributed by atoms with van der Waals surface area (Å²) in [5.41, 5.74) is 1.94. The van der Waals surface area contributed by atoms with Crippen LogP contribution in [-0.2, 0) is 16.1 Å². The minimum atomic E-state index is -0.595. The van der Waals surface area contributed by atoms with Crippen LogP contribution in [-0.4, -0.2) is 23.4 Å². The number of esters is 1. The van der Waals surface area contributed by atoms with E-state index in [4.69, 9.17) is 9.47 Å². The molecule has 0 radical (unpaired) electrons. The van der Waals surface area contributed by atoms with E-state index in [-0.39, 0.29) is 24.5 Å². The number of halogens is 1. The zero-order chi connectivity index (χ0) is 26.1. The van der Waals surface area contributed by atoms with E-state index in [1.807, 2.05) is 6.07 Å². The van der Waals surface area contributed by atoms with Crippen LogP contribution in [0.2, 0.25) is 0 Å². The fourth-order valence-corrected chi connectivity index (χ4v) is 3.76. The predicted molar refractivity (Wildman–Crippen MR) is 141 cm³/mol. The Morgan fingerprint density at radius 3 is 2.53 bits per heavy atom. The van der Waals surface area contributed by atoms with Crippen molar-refractivity contribution in [2.45, 2.75) is 13.5 Å². The maximum atomic E-state index is 12.6. The number of nitro groups is 1. The second-order valence-electron chi connectivity index (χ2n) is 7.33. The molecule has 0 heterocycles. The maximum absolute atomic E-state index is 12.6. The van der Waals surface area contributed by atoms with E-state index >= 15 is 0 Å². The van der Waals surface area contributed by atoms with Gasteiger partial charge in [0.1, 0.15) is 24.0 Å². The molecule has 1 N–H and O–H groups in total. The normalized spacial score (nSPS) is 10.8. The third-order valence-electron chi connectivity index (χ3n) is 4.80. The van der Waals surface area contributed by atoms with Gasteiger partial charge in [-0.3, -0.25) is 14.9 Å². The first-order valence-corrected chi connectivity index (χ1v) is 11.7. The molecule has 0 saturated carbocycles. The quantitative estimate of drug-likeness (QED) is 0.0861. The van der Waals surface area contributed by atoms with Crippen molar-refractivity contribution in [3.8, 4) is 11.8 Å². The minimum Gasteiger partial charge on any atom is -0.488 e. The molecule has 0 bridgehead atoms. The van der Waals surface area contributed by atoms with Gasteiger partial charge in [0, 0.05) is 17.8 Å². The van der Waals surface area contributed by atoms with Crippen LogP contribution in [0.1, 0.15) is 28.4 Å². The molecule has 0 unspecified atom stereocenters. The highest BCUT2D eigenvalue weighted by Gasteiger charge is 2.12. The topological polar surface area (TPSA) is 132 Å². The molecule has 36 heavy (non-hydrogen) atoms. The SMILES string of the molecule is CCOC(=O)c1ccc(NC(=O)/C(C#N)=C/c2ccc(OCc3cccc([N+](=O)[O-])c3)c(I)c2)cc1. The zero-order valence-electron chi connectivity index (χ0n) is 19.1. The molecule has 1 amide bonds. The van der Waals surface area contributed by atoms with Crippen LogP contribution in [0.4, 0.5) is 11.4 Å². The molecule has 0 aliphatic carbocycles. The number of rotatable bonds is 9. The summed E-state index contributed by atoms with van der Waals surface area (Å²) in [4.78, 5) is 34.8. The van der Waals surface area contributed by atoms with Crippen molar-refractivity contribution in [1.29, 1.82) is 5.26 Å². The van der Waals surface area contributed by atoms with Crippen LogP contribution in [0.15, 0.2) is 72.3 Å². The molecule has 3 aromatic carbocycles. The van der Waals surface area contributed by atoms with Crippen molar-refractivity contribution in [2.75, 3.05) is 11.9 Å². The summed E-state index contributed by atoms with van der Waals surface area (Å²) in [6.45, 7) is 2.12. The third kappa shape index (κ3) is 7.13. The molecule has 3 rings (SSSR count). The number of ether oxygens (including phenoxy) is 2. The van der Waals surface area contributed by atoms with E-state index in [2.05, 4.69) is 27.9 Å². The van der Waals surface area contributed by atoms with Gasteiger partial charge in [0.05, 0.1) is 20.7 Å². The van der Waals surface area contributed by atoms with Crippen LogP contribution in [0.25, 0.3) is 6.08 Å². The standard InChI is InChI=1S/C26H20IN3O6/c1-2-35-26(32)19-7-9-21(10-8-19)29-25(31)20(15-28)12-17-6-11-24(23(27)14-17)36-16-18-4-3-5-22(13-18)30(33)34/h3-14H,2,16H2,1H3,(H,29,31)/b20-12+. The van der Waals surface area contributed by atoms with Gasteiger partial charge in [0.15, 0.2) is 0 Å². The number of nitrogens with one attached hydrogen (secondary N) is 1. The molecular weight excluding hydrogens is 577 g/mol. The number of anilines is 1. The molecule has 0 fully saturated rings. The molecular formula is C26H20IN3O6. The Morgan fingerprint density at radius 2 is 1.89 bits per heavy atom. The largest absolute Gasteiger partial charge is 0.488 e. The lowest BCUT2D eigenvalue weighted by Gasteiger charge is -2.09. The highest BCUT2D eigenvalue weighted by Crippen LogP contribution is 2.25. The van der Waals surface area contributed by atoms with Crippen LogP contribution in [0.5, 0.6) is 5.75 Å². The molecule has 0 aromatic heterocycles. The summed E-state index contributed by atoms with van der Waals surface area (Å²) < 4.78 is 11.4. The molecule has 10 heteroatoms. The highest BCUT2D eigenvalue weighted by molar-refractivity contribution is 14.1. The van der Waals surface area contributed by atoms with Crippen LogP contribution < -0.4 is 10.1 Å². The van der Waals surface area contributed by atoms with Crippen molar-refractivity contribution in [3.63, 3.8) is 0 Å². The predicted octanol–water partition coefficient (Wildman–Crippen LogP) is 5.50. The van der Waals surface area contributed by atoms with Gasteiger partial charge >= 0.3 is 5.97 Å². The van der Waals surface area contributed by atoms with Crippen molar-refractivity contribution >= 4 is 51.9 Å². The second kappa shape index (κ2) is 12.5. The van der Waals surface area contributed by atoms with Crippen molar-refractivity contribution in [2.24, 2.45) is 0 Å². The number of nitro benzene ring substituents is 1. The molecule has 182 valence electrons. The number of nitrogens with zero attached hydrogens (tertiary/aromatic N) is 2. The molecule has 0 aliphatic heterocycles. The van der Waals surface area contributed by atoms with Gasteiger partial charge in [-0.25, -0.2) is 4.79 Å². The maximum Gasteiger partial charge on any atom is 0.338 e. The number of amides is 1. The van der Waals surface area contributed by atoms with E-state index in [9.17, 15) is 25.0 Å². The van der Waals surface area contributed by atoms with E-state index < -0.39 is 16.8 Å². The number of nitriles is 1. The summed E-state index contributed by atoms with van der Waals surface area (Å²) in [6.07, 6.45) is 1.45. The average molecular weight is 597 g/mol. The summed E-state index contributed by atoms with van der Waals surface area (Å²) in [7, 11) is 0. The smallest absolute Gasteiger partial charge is 0.338 e. The van der Waals surface area contributed by atoms with Crippen molar-refractivity contribution < 1.29 is 24.0 Å². The number of benzene rings is 3. The van der Waals surface area contributed by atoms with Gasteiger partial charge in [0.2, 0.25) is 0 Å². The molecule has 0 spiro atoms. The minimum absolute atomic E-state index is 0.0106. The van der Waals surface area contributed by atoms with E-state index in [1.165, 1.54) is 30.3 Å². The number of carbonyl (C=O) groups is 2. The van der Waals surface area contributed by atoms with Crippen molar-refractivity contribution in [1.82, 2.24) is 0 Å². The van der Waals surface area contributed by atoms with Gasteiger partial charge in [-0.05, 0) is 83.1 Å². The Labute approximate surface area is 220 Å². The van der Waals surface area contributed by atoms with Crippen molar-refractivity contribution in [3.05, 3.63) is 103 Å². The average Bonchev–Trinajstić information content (AvgIpc) is 2.87. The molecule has 9 nitrogen and oxygen atoms in total. The van der Waals surface area contributed by atoms with E-state index in [0.29, 0.717) is 28.1 Å². The van der Waals surface area contributed by atoms with Gasteiger partial charge in [0.25, 0.3) is 11.6 Å². The van der Waals surface area contributed by atoms with Gasteiger partial charge in [-0.2, -0.15) is 5.26 Å². The number of carbonyl (C=O) groups excluding carboxylic acids is 2. The number of non-ortho nitro benzene ring substituents is 1. The first kappa shape index (κ1) is 26.4. The lowest BCUT2D eigenvalue weighted by atomic mass is 10.1. The molecule has 0 saturated heterocycles. The molecule has 0 aliphatic rings. The van der Waals surface area contributed by atoms with Crippen LogP contribution >= 0.6 is 22.6 Å². The highest BCUT2D eigenvalue weighted by atomic mass is 127. The van der Waals surface area contributed by atoms with E-state index in [1.54, 1.807) is 49.4 Å². The van der Waals surface area contributed by atoms with Gasteiger partial charge in [-0.1, -0.05) is 18.2 Å². The lowest BCUT2D eigenvalue weighted by molar-refractivity contribution is -0.384. The zero-order valence-corrected chi connectivity index (χ0v) is 21.2. The first-order chi connectivity index (χ1) is 17.3. The monoisotopic (exact) mass is 597 g/mol. The number of hydrogen-bond acceptors (Lipinski definition) is 7. The lowest BCUT2D eigenvalue weighted by Crippen LogP contribution is -2.13. The molecule has 3 aromatic rings. The summed E-state index contributed by atoms with van der Waals surface area (Å²) in [5, 5.41) is 23.1. The first-order valence-electron chi connectivity index (χ1n) is 10.7. The number of hydrogen-bond donors (Lipinski definition) is 1. The Balaban J connectivity index is 1.67. The Morgan fingerprint density at radius 1 is 1.14 bits per heavy atom. The van der Waals surface area contributed by atoms with E-state index in [0.717, 1.165) is 3.57 Å². The Kier molecular flexibility index (Phi) is 9.13. The van der Waals surface area contributed by atoms with Gasteiger partial charge in [-0.15, -0.1) is 0 Å². The summed E-state index contributed by atoms with van der Waals surface area (Å²) >= 11 is 2.07.